The van der Waals surface area contributed by atoms with Crippen LogP contribution in [0, 0.1) is 0 Å². The van der Waals surface area contributed by atoms with Crippen LogP contribution in [0.25, 0.3) is 16.9 Å². The lowest BCUT2D eigenvalue weighted by atomic mass is 10.1. The van der Waals surface area contributed by atoms with E-state index in [4.69, 9.17) is 9.72 Å². The fourth-order valence-electron chi connectivity index (χ4n) is 4.35. The van der Waals surface area contributed by atoms with Gasteiger partial charge in [-0.15, -0.1) is 0 Å². The molecular formula is C27H31N7O2. The molecule has 5 rings (SSSR count). The molecule has 36 heavy (non-hydrogen) atoms. The molecule has 4 aromatic rings. The smallest absolute Gasteiger partial charge is 0.251 e. The van der Waals surface area contributed by atoms with Crippen LogP contribution in [0.4, 0.5) is 5.82 Å². The molecule has 1 fully saturated rings. The number of rotatable bonds is 9. The van der Waals surface area contributed by atoms with E-state index in [2.05, 4.69) is 44.6 Å². The van der Waals surface area contributed by atoms with Gasteiger partial charge in [-0.25, -0.2) is 9.97 Å². The number of nitrogens with one attached hydrogen (secondary N) is 2. The topological polar surface area (TPSA) is 97.2 Å². The number of carbonyl (C=O) groups excluding carboxylic acids is 1. The summed E-state index contributed by atoms with van der Waals surface area (Å²) in [5.41, 5.74) is 3.35. The lowest BCUT2D eigenvalue weighted by Gasteiger charge is -2.26. The molecule has 2 aromatic heterocycles. The van der Waals surface area contributed by atoms with Crippen molar-refractivity contribution in [2.24, 2.45) is 0 Å². The normalized spacial score (nSPS) is 15.0. The summed E-state index contributed by atoms with van der Waals surface area (Å²) in [4.78, 5) is 28.8. The molecule has 9 heteroatoms. The summed E-state index contributed by atoms with van der Waals surface area (Å²) in [5, 5.41) is 6.45. The van der Waals surface area contributed by atoms with Gasteiger partial charge in [0.2, 0.25) is 0 Å². The minimum absolute atomic E-state index is 0.0776. The van der Waals surface area contributed by atoms with Crippen molar-refractivity contribution in [2.75, 3.05) is 44.7 Å². The molecule has 0 bridgehead atoms. The van der Waals surface area contributed by atoms with Crippen molar-refractivity contribution < 1.29 is 9.53 Å². The van der Waals surface area contributed by atoms with Gasteiger partial charge in [0, 0.05) is 31.2 Å². The summed E-state index contributed by atoms with van der Waals surface area (Å²) < 4.78 is 7.24. The number of amides is 1. The van der Waals surface area contributed by atoms with Gasteiger partial charge in [-0.2, -0.15) is 0 Å². The molecule has 1 saturated heterocycles. The maximum absolute atomic E-state index is 12.8. The number of aromatic nitrogens is 4. The molecule has 186 valence electrons. The number of ether oxygens (including phenoxy) is 1. The summed E-state index contributed by atoms with van der Waals surface area (Å²) in [5.74, 6) is 1.20. The van der Waals surface area contributed by atoms with Crippen molar-refractivity contribution in [3.05, 3.63) is 78.4 Å². The van der Waals surface area contributed by atoms with Crippen LogP contribution in [0.3, 0.4) is 0 Å². The van der Waals surface area contributed by atoms with Crippen molar-refractivity contribution in [2.45, 2.75) is 19.4 Å². The van der Waals surface area contributed by atoms with Crippen LogP contribution in [0.2, 0.25) is 0 Å². The molecule has 1 aliphatic heterocycles. The number of benzene rings is 2. The number of anilines is 1. The number of carbonyl (C=O) groups is 1. The summed E-state index contributed by atoms with van der Waals surface area (Å²) in [7, 11) is 0. The van der Waals surface area contributed by atoms with Gasteiger partial charge in [-0.05, 0) is 43.7 Å². The van der Waals surface area contributed by atoms with E-state index in [1.54, 1.807) is 18.7 Å². The number of hydrogen-bond donors (Lipinski definition) is 2. The lowest BCUT2D eigenvalue weighted by Crippen LogP contribution is -2.38. The number of morpholine rings is 1. The molecule has 0 unspecified atom stereocenters. The first-order valence-electron chi connectivity index (χ1n) is 12.4. The molecule has 0 radical (unpaired) electrons. The zero-order valence-electron chi connectivity index (χ0n) is 20.4. The van der Waals surface area contributed by atoms with E-state index in [1.165, 1.54) is 5.56 Å². The molecule has 1 atom stereocenters. The Morgan fingerprint density at radius 1 is 1.11 bits per heavy atom. The maximum atomic E-state index is 12.8. The second kappa shape index (κ2) is 11.3. The highest BCUT2D eigenvalue weighted by molar-refractivity contribution is 5.97. The van der Waals surface area contributed by atoms with Crippen molar-refractivity contribution in [1.29, 1.82) is 0 Å². The molecular weight excluding hydrogens is 454 g/mol. The van der Waals surface area contributed by atoms with Crippen LogP contribution in [0.15, 0.2) is 67.3 Å². The minimum Gasteiger partial charge on any atom is -0.379 e. The number of hydrogen-bond acceptors (Lipinski definition) is 7. The summed E-state index contributed by atoms with van der Waals surface area (Å²) >= 11 is 0. The lowest BCUT2D eigenvalue weighted by molar-refractivity contribution is 0.0374. The van der Waals surface area contributed by atoms with E-state index in [0.29, 0.717) is 23.7 Å². The van der Waals surface area contributed by atoms with Gasteiger partial charge in [-0.1, -0.05) is 30.3 Å². The van der Waals surface area contributed by atoms with Crippen molar-refractivity contribution in [1.82, 2.24) is 29.7 Å². The largest absolute Gasteiger partial charge is 0.379 e. The molecule has 0 saturated carbocycles. The Morgan fingerprint density at radius 3 is 2.78 bits per heavy atom. The number of fused-ring (bicyclic) bond motifs is 1. The number of imidazole rings is 1. The quantitative estimate of drug-likeness (QED) is 0.351. The first-order chi connectivity index (χ1) is 17.7. The van der Waals surface area contributed by atoms with E-state index in [-0.39, 0.29) is 11.9 Å². The zero-order valence-corrected chi connectivity index (χ0v) is 20.4. The van der Waals surface area contributed by atoms with Crippen LogP contribution < -0.4 is 10.6 Å². The average molecular weight is 486 g/mol. The zero-order chi connectivity index (χ0) is 24.7. The molecule has 0 spiro atoms. The van der Waals surface area contributed by atoms with Crippen molar-refractivity contribution >= 4 is 22.8 Å². The highest BCUT2D eigenvalue weighted by Gasteiger charge is 2.13. The summed E-state index contributed by atoms with van der Waals surface area (Å²) in [6.45, 7) is 7.17. The third-order valence-corrected chi connectivity index (χ3v) is 6.38. The van der Waals surface area contributed by atoms with Crippen molar-refractivity contribution in [3.8, 4) is 5.82 Å². The van der Waals surface area contributed by atoms with E-state index in [1.807, 2.05) is 41.0 Å². The van der Waals surface area contributed by atoms with Crippen LogP contribution >= 0.6 is 0 Å². The predicted octanol–water partition coefficient (Wildman–Crippen LogP) is 3.44. The molecule has 2 N–H and O–H groups in total. The van der Waals surface area contributed by atoms with Gasteiger partial charge in [-0.3, -0.25) is 19.2 Å². The molecule has 9 nitrogen and oxygen atoms in total. The molecule has 1 amide bonds. The second-order valence-corrected chi connectivity index (χ2v) is 8.92. The van der Waals surface area contributed by atoms with E-state index in [0.717, 1.165) is 50.3 Å². The van der Waals surface area contributed by atoms with Crippen LogP contribution in [-0.4, -0.2) is 69.7 Å². The molecule has 1 aliphatic rings. The van der Waals surface area contributed by atoms with Gasteiger partial charge in [0.15, 0.2) is 5.82 Å². The van der Waals surface area contributed by atoms with Crippen molar-refractivity contribution in [3.63, 3.8) is 0 Å². The molecule has 0 aliphatic carbocycles. The highest BCUT2D eigenvalue weighted by Crippen LogP contribution is 2.21. The van der Waals surface area contributed by atoms with Crippen LogP contribution in [0.1, 0.15) is 35.3 Å². The molecule has 3 heterocycles. The van der Waals surface area contributed by atoms with Crippen LogP contribution in [-0.2, 0) is 4.74 Å². The third-order valence-electron chi connectivity index (χ3n) is 6.38. The van der Waals surface area contributed by atoms with Gasteiger partial charge >= 0.3 is 0 Å². The fraction of sp³-hybridized carbons (Fsp3) is 0.333. The SMILES string of the molecule is C[C@H](Nc1cncc(-n2cnc3ccc(C(=O)NCCCN4CCOCC4)cc32)n1)c1ccccc1. The predicted molar refractivity (Wildman–Crippen MR) is 139 cm³/mol. The standard InChI is InChI=1S/C27H31N7O2/c1-20(21-6-3-2-4-7-21)31-25-17-28-18-26(32-25)34-19-30-23-9-8-22(16-24(23)34)27(35)29-10-5-11-33-12-14-36-15-13-33/h2-4,6-9,16-20H,5,10-15H2,1H3,(H,29,35)(H,31,32)/t20-/m0/s1. The Labute approximate surface area is 210 Å². The monoisotopic (exact) mass is 485 g/mol. The fourth-order valence-corrected chi connectivity index (χ4v) is 4.35. The van der Waals surface area contributed by atoms with Crippen LogP contribution in [0.5, 0.6) is 0 Å². The highest BCUT2D eigenvalue weighted by atomic mass is 16.5. The first-order valence-corrected chi connectivity index (χ1v) is 12.4. The summed E-state index contributed by atoms with van der Waals surface area (Å²) in [6.07, 6.45) is 6.02. The first kappa shape index (κ1) is 23.9. The van der Waals surface area contributed by atoms with E-state index >= 15 is 0 Å². The Bertz CT molecular complexity index is 1300. The van der Waals surface area contributed by atoms with Gasteiger partial charge < -0.3 is 15.4 Å². The van der Waals surface area contributed by atoms with Gasteiger partial charge in [0.25, 0.3) is 5.91 Å². The Balaban J connectivity index is 1.26. The Kier molecular flexibility index (Phi) is 7.49. The Hall–Kier alpha value is -3.82. The molecule has 2 aromatic carbocycles. The van der Waals surface area contributed by atoms with Gasteiger partial charge in [0.05, 0.1) is 36.6 Å². The van der Waals surface area contributed by atoms with E-state index < -0.39 is 0 Å². The van der Waals surface area contributed by atoms with E-state index in [9.17, 15) is 4.79 Å². The summed E-state index contributed by atoms with van der Waals surface area (Å²) in [6, 6.07) is 15.8. The average Bonchev–Trinajstić information content (AvgIpc) is 3.35. The maximum Gasteiger partial charge on any atom is 0.251 e. The third kappa shape index (κ3) is 5.69. The Morgan fingerprint density at radius 2 is 1.94 bits per heavy atom. The number of nitrogens with zero attached hydrogens (tertiary/aromatic N) is 5. The second-order valence-electron chi connectivity index (χ2n) is 8.92. The van der Waals surface area contributed by atoms with Gasteiger partial charge in [0.1, 0.15) is 12.1 Å². The minimum atomic E-state index is -0.0928.